The lowest BCUT2D eigenvalue weighted by Gasteiger charge is -2.20. The summed E-state index contributed by atoms with van der Waals surface area (Å²) in [4.78, 5) is 11.8. The van der Waals surface area contributed by atoms with Crippen molar-refractivity contribution in [3.05, 3.63) is 18.2 Å². The first kappa shape index (κ1) is 16.3. The van der Waals surface area contributed by atoms with Gasteiger partial charge in [0.15, 0.2) is 9.84 Å². The summed E-state index contributed by atoms with van der Waals surface area (Å²) in [6, 6.07) is 4.20. The summed E-state index contributed by atoms with van der Waals surface area (Å²) in [5.41, 5.74) is -0.279. The number of carbonyl (C=O) groups is 1. The zero-order valence-corrected chi connectivity index (χ0v) is 13.0. The van der Waals surface area contributed by atoms with Gasteiger partial charge in [-0.3, -0.25) is 5.32 Å². The molecule has 0 aliphatic carbocycles. The number of nitrogens with one attached hydrogen (secondary N) is 1. The highest BCUT2D eigenvalue weighted by Crippen LogP contribution is 2.28. The molecule has 0 fully saturated rings. The molecule has 20 heavy (non-hydrogen) atoms. The molecule has 6 nitrogen and oxygen atoms in total. The molecule has 7 heteroatoms. The summed E-state index contributed by atoms with van der Waals surface area (Å²) in [6.45, 7) is 5.24. The summed E-state index contributed by atoms with van der Waals surface area (Å²) < 4.78 is 33.1. The van der Waals surface area contributed by atoms with Crippen LogP contribution in [0.15, 0.2) is 23.1 Å². The number of ether oxygens (including phenoxy) is 2. The first-order chi connectivity index (χ1) is 9.03. The number of anilines is 1. The predicted octanol–water partition coefficient (Wildman–Crippen LogP) is 2.45. The highest BCUT2D eigenvalue weighted by atomic mass is 32.2. The maximum absolute atomic E-state index is 11.7. The third kappa shape index (κ3) is 4.73. The van der Waals surface area contributed by atoms with Gasteiger partial charge in [0.2, 0.25) is 0 Å². The number of hydrogen-bond donors (Lipinski definition) is 1. The second kappa shape index (κ2) is 5.70. The highest BCUT2D eigenvalue weighted by Gasteiger charge is 2.18. The van der Waals surface area contributed by atoms with Crippen LogP contribution in [0, 0.1) is 0 Å². The second-order valence-corrected chi connectivity index (χ2v) is 7.28. The van der Waals surface area contributed by atoms with Gasteiger partial charge in [-0.2, -0.15) is 0 Å². The Morgan fingerprint density at radius 1 is 1.25 bits per heavy atom. The average molecular weight is 301 g/mol. The van der Waals surface area contributed by atoms with Crippen LogP contribution in [0.4, 0.5) is 10.5 Å². The van der Waals surface area contributed by atoms with E-state index in [9.17, 15) is 13.2 Å². The molecule has 1 aromatic rings. The highest BCUT2D eigenvalue weighted by molar-refractivity contribution is 7.90. The minimum Gasteiger partial charge on any atom is -0.495 e. The van der Waals surface area contributed by atoms with Crippen molar-refractivity contribution < 1.29 is 22.7 Å². The quantitative estimate of drug-likeness (QED) is 0.927. The summed E-state index contributed by atoms with van der Waals surface area (Å²) in [6.07, 6.45) is 0.464. The van der Waals surface area contributed by atoms with Crippen LogP contribution in [-0.2, 0) is 14.6 Å². The monoisotopic (exact) mass is 301 g/mol. The van der Waals surface area contributed by atoms with Crippen molar-refractivity contribution in [2.75, 3.05) is 18.7 Å². The Morgan fingerprint density at radius 2 is 1.85 bits per heavy atom. The van der Waals surface area contributed by atoms with E-state index in [2.05, 4.69) is 5.32 Å². The fourth-order valence-corrected chi connectivity index (χ4v) is 2.06. The van der Waals surface area contributed by atoms with Crippen LogP contribution >= 0.6 is 0 Å². The van der Waals surface area contributed by atoms with Gasteiger partial charge < -0.3 is 9.47 Å². The molecule has 0 bridgehead atoms. The molecule has 0 saturated carbocycles. The number of rotatable bonds is 3. The first-order valence-electron chi connectivity index (χ1n) is 5.91. The van der Waals surface area contributed by atoms with E-state index in [1.807, 2.05) is 0 Å². The third-order valence-corrected chi connectivity index (χ3v) is 3.35. The molecule has 0 heterocycles. The minimum absolute atomic E-state index is 0.115. The molecule has 0 radical (unpaired) electrons. The van der Waals surface area contributed by atoms with Gasteiger partial charge in [0, 0.05) is 12.3 Å². The molecule has 0 saturated heterocycles. The molecular weight excluding hydrogens is 282 g/mol. The maximum Gasteiger partial charge on any atom is 0.412 e. The number of hydrogen-bond acceptors (Lipinski definition) is 5. The van der Waals surface area contributed by atoms with Crippen molar-refractivity contribution >= 4 is 21.6 Å². The lowest BCUT2D eigenvalue weighted by atomic mass is 10.2. The summed E-state index contributed by atoms with van der Waals surface area (Å²) in [5.74, 6) is 0.249. The third-order valence-electron chi connectivity index (χ3n) is 2.24. The predicted molar refractivity (Wildman–Crippen MR) is 76.0 cm³/mol. The van der Waals surface area contributed by atoms with Gasteiger partial charge in [-0.15, -0.1) is 0 Å². The summed E-state index contributed by atoms with van der Waals surface area (Å²) >= 11 is 0. The second-order valence-electron chi connectivity index (χ2n) is 5.26. The number of methoxy groups -OCH3 is 1. The number of sulfone groups is 1. The van der Waals surface area contributed by atoms with Gasteiger partial charge in [0.25, 0.3) is 0 Å². The van der Waals surface area contributed by atoms with E-state index >= 15 is 0 Å². The zero-order chi connectivity index (χ0) is 15.6. The lowest BCUT2D eigenvalue weighted by molar-refractivity contribution is 0.0635. The van der Waals surface area contributed by atoms with Crippen molar-refractivity contribution in [1.82, 2.24) is 0 Å². The van der Waals surface area contributed by atoms with Crippen LogP contribution in [-0.4, -0.2) is 33.5 Å². The molecule has 0 spiro atoms. The van der Waals surface area contributed by atoms with Gasteiger partial charge in [-0.25, -0.2) is 13.2 Å². The van der Waals surface area contributed by atoms with Crippen LogP contribution in [0.25, 0.3) is 0 Å². The van der Waals surface area contributed by atoms with Gasteiger partial charge in [-0.1, -0.05) is 0 Å². The number of benzene rings is 1. The SMILES string of the molecule is COc1cc(S(C)(=O)=O)ccc1NC(=O)OC(C)(C)C. The van der Waals surface area contributed by atoms with Crippen molar-refractivity contribution in [1.29, 1.82) is 0 Å². The molecule has 1 rings (SSSR count). The van der Waals surface area contributed by atoms with Crippen LogP contribution in [0.3, 0.4) is 0 Å². The van der Waals surface area contributed by atoms with E-state index in [-0.39, 0.29) is 10.6 Å². The topological polar surface area (TPSA) is 81.7 Å². The van der Waals surface area contributed by atoms with Crippen molar-refractivity contribution in [2.24, 2.45) is 0 Å². The maximum atomic E-state index is 11.7. The van der Waals surface area contributed by atoms with Gasteiger partial charge in [0.05, 0.1) is 17.7 Å². The van der Waals surface area contributed by atoms with E-state index < -0.39 is 21.5 Å². The molecule has 1 aromatic carbocycles. The molecule has 1 amide bonds. The van der Waals surface area contributed by atoms with Crippen molar-refractivity contribution in [3.63, 3.8) is 0 Å². The first-order valence-corrected chi connectivity index (χ1v) is 7.80. The van der Waals surface area contributed by atoms with Gasteiger partial charge in [-0.05, 0) is 32.9 Å². The number of carbonyl (C=O) groups excluding carboxylic acids is 1. The summed E-state index contributed by atoms with van der Waals surface area (Å²) in [7, 11) is -1.94. The fraction of sp³-hybridized carbons (Fsp3) is 0.462. The minimum atomic E-state index is -3.33. The Kier molecular flexibility index (Phi) is 4.65. The molecule has 1 N–H and O–H groups in total. The van der Waals surface area contributed by atoms with Crippen LogP contribution in [0.2, 0.25) is 0 Å². The molecular formula is C13H19NO5S. The molecule has 0 aromatic heterocycles. The fourth-order valence-electron chi connectivity index (χ4n) is 1.42. The van der Waals surface area contributed by atoms with Gasteiger partial charge in [0.1, 0.15) is 11.4 Å². The normalized spacial score (nSPS) is 11.8. The van der Waals surface area contributed by atoms with Crippen LogP contribution < -0.4 is 10.1 Å². The van der Waals surface area contributed by atoms with Crippen molar-refractivity contribution in [3.8, 4) is 5.75 Å². The van der Waals surface area contributed by atoms with Crippen LogP contribution in [0.1, 0.15) is 20.8 Å². The Balaban J connectivity index is 3.00. The van der Waals surface area contributed by atoms with Gasteiger partial charge >= 0.3 is 6.09 Å². The Labute approximate surface area is 119 Å². The Hall–Kier alpha value is -1.76. The molecule has 112 valence electrons. The average Bonchev–Trinajstić information content (AvgIpc) is 2.25. The van der Waals surface area contributed by atoms with E-state index in [1.54, 1.807) is 20.8 Å². The van der Waals surface area contributed by atoms with Crippen LogP contribution in [0.5, 0.6) is 5.75 Å². The summed E-state index contributed by atoms with van der Waals surface area (Å²) in [5, 5.41) is 2.52. The van der Waals surface area contributed by atoms with E-state index in [1.165, 1.54) is 25.3 Å². The Morgan fingerprint density at radius 3 is 2.30 bits per heavy atom. The lowest BCUT2D eigenvalue weighted by Crippen LogP contribution is -2.27. The van der Waals surface area contributed by atoms with E-state index in [0.717, 1.165) is 6.26 Å². The number of amides is 1. The smallest absolute Gasteiger partial charge is 0.412 e. The molecule has 0 unspecified atom stereocenters. The van der Waals surface area contributed by atoms with E-state index in [0.29, 0.717) is 5.69 Å². The molecule has 0 atom stereocenters. The molecule has 0 aliphatic rings. The largest absolute Gasteiger partial charge is 0.495 e. The standard InChI is InChI=1S/C13H19NO5S/c1-13(2,3)19-12(15)14-10-7-6-9(20(5,16)17)8-11(10)18-4/h6-8H,1-5H3,(H,14,15). The Bertz CT molecular complexity index is 602. The van der Waals surface area contributed by atoms with E-state index in [4.69, 9.17) is 9.47 Å². The zero-order valence-electron chi connectivity index (χ0n) is 12.2. The molecule has 0 aliphatic heterocycles. The van der Waals surface area contributed by atoms with Crippen molar-refractivity contribution in [2.45, 2.75) is 31.3 Å².